The summed E-state index contributed by atoms with van der Waals surface area (Å²) in [4.78, 5) is 38.5. The molecule has 0 bridgehead atoms. The van der Waals surface area contributed by atoms with Gasteiger partial charge < -0.3 is 24.4 Å². The van der Waals surface area contributed by atoms with Crippen molar-refractivity contribution in [3.8, 4) is 5.75 Å². The Bertz CT molecular complexity index is 1080. The highest BCUT2D eigenvalue weighted by Crippen LogP contribution is 2.42. The monoisotopic (exact) mass is 441 g/mol. The Labute approximate surface area is 176 Å². The van der Waals surface area contributed by atoms with E-state index in [0.717, 1.165) is 6.07 Å². The topological polar surface area (TPSA) is 112 Å². The van der Waals surface area contributed by atoms with Gasteiger partial charge in [0.25, 0.3) is 0 Å². The number of ether oxygens (including phenoxy) is 1. The summed E-state index contributed by atoms with van der Waals surface area (Å²) >= 11 is 0. The number of rotatable bonds is 4. The van der Waals surface area contributed by atoms with Crippen molar-refractivity contribution in [3.63, 3.8) is 0 Å². The lowest BCUT2D eigenvalue weighted by atomic mass is 10.1. The van der Waals surface area contributed by atoms with Gasteiger partial charge in [0.1, 0.15) is 17.9 Å². The number of anilines is 1. The molecule has 9 nitrogen and oxygen atoms in total. The normalized spacial score (nSPS) is 18.6. The summed E-state index contributed by atoms with van der Waals surface area (Å²) in [5.41, 5.74) is -0.565. The fraction of sp³-hybridized carbons (Fsp3) is 0.421. The Morgan fingerprint density at radius 1 is 1.23 bits per heavy atom. The Balaban J connectivity index is 0.00000256. The quantitative estimate of drug-likeness (QED) is 0.732. The Hall–Kier alpha value is -2.85. The van der Waals surface area contributed by atoms with Crippen LogP contribution >= 0.6 is 12.4 Å². The van der Waals surface area contributed by atoms with Gasteiger partial charge in [-0.1, -0.05) is 0 Å². The average Bonchev–Trinajstić information content (AvgIpc) is 2.66. The molecule has 1 aromatic heterocycles. The molecule has 0 radical (unpaired) electrons. The lowest BCUT2D eigenvalue weighted by molar-refractivity contribution is -0.138. The van der Waals surface area contributed by atoms with E-state index in [1.807, 2.05) is 6.92 Å². The number of nitrogens with zero attached hydrogens (tertiary/aromatic N) is 3. The average molecular weight is 442 g/mol. The summed E-state index contributed by atoms with van der Waals surface area (Å²) in [6.45, 7) is 3.66. The third-order valence-corrected chi connectivity index (χ3v) is 5.42. The van der Waals surface area contributed by atoms with Crippen LogP contribution in [0.25, 0.3) is 10.9 Å². The van der Waals surface area contributed by atoms with E-state index < -0.39 is 28.7 Å². The minimum Gasteiger partial charge on any atom is -0.487 e. The molecule has 2 aliphatic heterocycles. The third-order valence-electron chi connectivity index (χ3n) is 5.42. The highest BCUT2D eigenvalue weighted by Gasteiger charge is 2.31. The summed E-state index contributed by atoms with van der Waals surface area (Å²) < 4.78 is 22.6. The molecule has 30 heavy (non-hydrogen) atoms. The van der Waals surface area contributed by atoms with Crippen molar-refractivity contribution >= 4 is 40.9 Å². The van der Waals surface area contributed by atoms with Gasteiger partial charge in [-0.3, -0.25) is 14.5 Å². The standard InChI is InChI=1S/C19H20FN3O6.ClH/c1-10-9-29-18-15-11(17(26)12(19(27)28)7-23(10)15)6-13(20)16(18)22-4-2-21(3-5-22)8-14(24)25;/h6-7,10H,2-5,8-9H2,1H3,(H,24,25)(H,27,28);1H/t10-;/m0./s1. The van der Waals surface area contributed by atoms with Crippen LogP contribution in [0.5, 0.6) is 5.75 Å². The first kappa shape index (κ1) is 21.8. The number of aromatic carboxylic acids is 1. The molecular formula is C19H21ClFN3O6. The summed E-state index contributed by atoms with van der Waals surface area (Å²) in [6, 6.07) is 0.846. The van der Waals surface area contributed by atoms with E-state index >= 15 is 4.39 Å². The van der Waals surface area contributed by atoms with Crippen LogP contribution in [0.1, 0.15) is 23.3 Å². The number of hydrogen-bond donors (Lipinski definition) is 2. The number of halogens is 2. The predicted molar refractivity (Wildman–Crippen MR) is 109 cm³/mol. The van der Waals surface area contributed by atoms with Gasteiger partial charge in [0.2, 0.25) is 5.43 Å². The summed E-state index contributed by atoms with van der Waals surface area (Å²) in [5.74, 6) is -2.72. The van der Waals surface area contributed by atoms with Crippen molar-refractivity contribution in [1.29, 1.82) is 0 Å². The van der Waals surface area contributed by atoms with Gasteiger partial charge >= 0.3 is 11.9 Å². The minimum absolute atomic E-state index is 0. The van der Waals surface area contributed by atoms with E-state index in [-0.39, 0.29) is 48.4 Å². The number of carboxylic acids is 2. The number of aliphatic carboxylic acids is 1. The minimum atomic E-state index is -1.36. The molecule has 162 valence electrons. The van der Waals surface area contributed by atoms with E-state index in [4.69, 9.17) is 9.84 Å². The molecule has 4 rings (SSSR count). The molecule has 2 aromatic rings. The molecule has 0 unspecified atom stereocenters. The lowest BCUT2D eigenvalue weighted by Crippen LogP contribution is -2.48. The van der Waals surface area contributed by atoms with E-state index in [2.05, 4.69) is 0 Å². The van der Waals surface area contributed by atoms with Crippen LogP contribution in [0.4, 0.5) is 10.1 Å². The van der Waals surface area contributed by atoms with Crippen LogP contribution in [0.15, 0.2) is 17.1 Å². The number of benzene rings is 1. The summed E-state index contributed by atoms with van der Waals surface area (Å²) in [5, 5.41) is 18.2. The highest BCUT2D eigenvalue weighted by molar-refractivity contribution is 5.97. The SMILES string of the molecule is C[C@H]1COc2c(N3CCN(CC(=O)O)CC3)c(F)cc3c(=O)c(C(=O)O)cn1c23.Cl. The Morgan fingerprint density at radius 2 is 1.90 bits per heavy atom. The first-order chi connectivity index (χ1) is 13.8. The van der Waals surface area contributed by atoms with Gasteiger partial charge in [0.15, 0.2) is 11.6 Å². The number of carbonyl (C=O) groups is 2. The van der Waals surface area contributed by atoms with Crippen LogP contribution in [0, 0.1) is 5.82 Å². The fourth-order valence-electron chi connectivity index (χ4n) is 3.98. The number of hydrogen-bond acceptors (Lipinski definition) is 6. The lowest BCUT2D eigenvalue weighted by Gasteiger charge is -2.37. The van der Waals surface area contributed by atoms with Crippen LogP contribution in [-0.2, 0) is 4.79 Å². The number of aromatic nitrogens is 1. The molecule has 0 aliphatic carbocycles. The van der Waals surface area contributed by atoms with Gasteiger partial charge in [-0.25, -0.2) is 9.18 Å². The second-order valence-corrected chi connectivity index (χ2v) is 7.33. The maximum atomic E-state index is 15.1. The highest BCUT2D eigenvalue weighted by atomic mass is 35.5. The smallest absolute Gasteiger partial charge is 0.341 e. The predicted octanol–water partition coefficient (Wildman–Crippen LogP) is 1.42. The van der Waals surface area contributed by atoms with Gasteiger partial charge in [0, 0.05) is 32.4 Å². The second kappa shape index (κ2) is 8.11. The van der Waals surface area contributed by atoms with Crippen molar-refractivity contribution < 1.29 is 28.9 Å². The van der Waals surface area contributed by atoms with Crippen molar-refractivity contribution in [3.05, 3.63) is 33.9 Å². The molecule has 0 saturated carbocycles. The fourth-order valence-corrected chi connectivity index (χ4v) is 3.98. The molecule has 2 N–H and O–H groups in total. The second-order valence-electron chi connectivity index (χ2n) is 7.33. The van der Waals surface area contributed by atoms with Crippen LogP contribution in [-0.4, -0.2) is 70.9 Å². The zero-order valence-corrected chi connectivity index (χ0v) is 16.9. The molecule has 1 aromatic carbocycles. The van der Waals surface area contributed by atoms with Crippen LogP contribution < -0.4 is 15.1 Å². The molecule has 2 aliphatic rings. The molecule has 3 heterocycles. The van der Waals surface area contributed by atoms with E-state index in [1.54, 1.807) is 14.4 Å². The zero-order valence-electron chi connectivity index (χ0n) is 16.1. The molecular weight excluding hydrogens is 421 g/mol. The third kappa shape index (κ3) is 3.56. The van der Waals surface area contributed by atoms with E-state index in [0.29, 0.717) is 31.7 Å². The first-order valence-corrected chi connectivity index (χ1v) is 9.24. The van der Waals surface area contributed by atoms with E-state index in [9.17, 15) is 19.5 Å². The van der Waals surface area contributed by atoms with Crippen molar-refractivity contribution in [2.45, 2.75) is 13.0 Å². The molecule has 1 atom stereocenters. The first-order valence-electron chi connectivity index (χ1n) is 9.24. The van der Waals surface area contributed by atoms with Crippen LogP contribution in [0.3, 0.4) is 0 Å². The number of pyridine rings is 1. The molecule has 1 fully saturated rings. The maximum Gasteiger partial charge on any atom is 0.341 e. The number of piperazine rings is 1. The largest absolute Gasteiger partial charge is 0.487 e. The Kier molecular flexibility index (Phi) is 5.91. The Morgan fingerprint density at radius 3 is 2.50 bits per heavy atom. The van der Waals surface area contributed by atoms with Gasteiger partial charge in [0.05, 0.1) is 23.5 Å². The zero-order chi connectivity index (χ0) is 20.9. The van der Waals surface area contributed by atoms with Crippen molar-refractivity contribution in [1.82, 2.24) is 9.47 Å². The summed E-state index contributed by atoms with van der Waals surface area (Å²) in [6.07, 6.45) is 1.29. The number of carboxylic acid groups (broad SMARTS) is 2. The van der Waals surface area contributed by atoms with E-state index in [1.165, 1.54) is 6.20 Å². The van der Waals surface area contributed by atoms with Gasteiger partial charge in [-0.05, 0) is 13.0 Å². The summed E-state index contributed by atoms with van der Waals surface area (Å²) in [7, 11) is 0. The molecule has 11 heteroatoms. The maximum absolute atomic E-state index is 15.1. The van der Waals surface area contributed by atoms with Gasteiger partial charge in [-0.15, -0.1) is 12.4 Å². The molecule has 1 saturated heterocycles. The molecule has 0 spiro atoms. The van der Waals surface area contributed by atoms with Gasteiger partial charge in [-0.2, -0.15) is 0 Å². The van der Waals surface area contributed by atoms with Crippen molar-refractivity contribution in [2.24, 2.45) is 0 Å². The van der Waals surface area contributed by atoms with Crippen LogP contribution in [0.2, 0.25) is 0 Å². The molecule has 0 amide bonds. The van der Waals surface area contributed by atoms with Crippen molar-refractivity contribution in [2.75, 3.05) is 44.2 Å².